The summed E-state index contributed by atoms with van der Waals surface area (Å²) in [6.07, 6.45) is 2.36. The van der Waals surface area contributed by atoms with Crippen molar-refractivity contribution in [2.45, 2.75) is 90.9 Å². The maximum Gasteiger partial charge on any atom is 0.407 e. The van der Waals surface area contributed by atoms with E-state index in [9.17, 15) is 9.59 Å². The van der Waals surface area contributed by atoms with E-state index in [4.69, 9.17) is 9.47 Å². The minimum absolute atomic E-state index is 0.102. The van der Waals surface area contributed by atoms with Crippen LogP contribution >= 0.6 is 0 Å². The van der Waals surface area contributed by atoms with Crippen molar-refractivity contribution in [2.75, 3.05) is 0 Å². The molecule has 2 unspecified atom stereocenters. The van der Waals surface area contributed by atoms with E-state index >= 15 is 0 Å². The highest BCUT2D eigenvalue weighted by Crippen LogP contribution is 2.40. The highest BCUT2D eigenvalue weighted by molar-refractivity contribution is 5.80. The van der Waals surface area contributed by atoms with Crippen molar-refractivity contribution in [2.24, 2.45) is 17.8 Å². The third-order valence-corrected chi connectivity index (χ3v) is 6.80. The van der Waals surface area contributed by atoms with Gasteiger partial charge in [0.15, 0.2) is 0 Å². The van der Waals surface area contributed by atoms with E-state index in [0.717, 1.165) is 24.0 Å². The molecule has 0 aliphatic heterocycles. The second kappa shape index (κ2) is 9.68. The van der Waals surface area contributed by atoms with Gasteiger partial charge in [-0.1, -0.05) is 57.2 Å². The van der Waals surface area contributed by atoms with Crippen molar-refractivity contribution in [3.8, 4) is 0 Å². The molecule has 0 bridgehead atoms. The lowest BCUT2D eigenvalue weighted by Gasteiger charge is -2.39. The summed E-state index contributed by atoms with van der Waals surface area (Å²) in [5.41, 5.74) is 2.77. The number of esters is 1. The smallest absolute Gasteiger partial charge is 0.407 e. The van der Waals surface area contributed by atoms with E-state index < -0.39 is 17.6 Å². The van der Waals surface area contributed by atoms with E-state index in [1.165, 1.54) is 5.57 Å². The molecule has 0 radical (unpaired) electrons. The minimum Gasteiger partial charge on any atom is -0.462 e. The lowest BCUT2D eigenvalue weighted by Crippen LogP contribution is -2.44. The number of alkyl carbamates (subject to hydrolysis) is 1. The van der Waals surface area contributed by atoms with Crippen LogP contribution in [0.4, 0.5) is 4.79 Å². The lowest BCUT2D eigenvalue weighted by atomic mass is 9.73. The van der Waals surface area contributed by atoms with E-state index in [1.807, 2.05) is 45.0 Å². The van der Waals surface area contributed by atoms with Gasteiger partial charge in [0, 0.05) is 12.0 Å². The molecule has 2 aliphatic carbocycles. The van der Waals surface area contributed by atoms with Crippen LogP contribution in [0, 0.1) is 17.8 Å². The number of nitrogens with one attached hydrogen (secondary N) is 1. The summed E-state index contributed by atoms with van der Waals surface area (Å²) >= 11 is 0. The molecule has 32 heavy (non-hydrogen) atoms. The number of carbonyl (C=O) groups is 2. The largest absolute Gasteiger partial charge is 0.462 e. The molecule has 176 valence electrons. The van der Waals surface area contributed by atoms with Crippen LogP contribution in [-0.2, 0) is 20.7 Å². The SMILES string of the molecule is C=C1C[C@@H](C(C)C)C(OC(=O)[C@@H]2C[C@@H](NC(=O)OC(C)(C)C)Cc3ccccc32)CC1C. The molecule has 1 amide bonds. The van der Waals surface area contributed by atoms with Crippen LogP contribution in [-0.4, -0.2) is 29.8 Å². The molecule has 0 spiro atoms. The van der Waals surface area contributed by atoms with Crippen LogP contribution in [0.2, 0.25) is 0 Å². The molecule has 5 heteroatoms. The fraction of sp³-hybridized carbons (Fsp3) is 0.630. The van der Waals surface area contributed by atoms with Crippen LogP contribution in [0.25, 0.3) is 0 Å². The molecule has 0 heterocycles. The summed E-state index contributed by atoms with van der Waals surface area (Å²) in [4.78, 5) is 25.8. The predicted molar refractivity (Wildman–Crippen MR) is 126 cm³/mol. The predicted octanol–water partition coefficient (Wildman–Crippen LogP) is 5.78. The second-order valence-electron chi connectivity index (χ2n) is 10.9. The molecular weight excluding hydrogens is 402 g/mol. The van der Waals surface area contributed by atoms with Crippen molar-refractivity contribution < 1.29 is 19.1 Å². The van der Waals surface area contributed by atoms with Gasteiger partial charge in [-0.15, -0.1) is 0 Å². The molecule has 0 saturated heterocycles. The van der Waals surface area contributed by atoms with Crippen LogP contribution in [0.3, 0.4) is 0 Å². The minimum atomic E-state index is -0.567. The number of allylic oxidation sites excluding steroid dienone is 1. The van der Waals surface area contributed by atoms with Gasteiger partial charge in [-0.25, -0.2) is 4.79 Å². The van der Waals surface area contributed by atoms with Crippen LogP contribution in [0.1, 0.15) is 77.8 Å². The van der Waals surface area contributed by atoms with Crippen molar-refractivity contribution in [3.05, 3.63) is 47.5 Å². The maximum atomic E-state index is 13.5. The Hall–Kier alpha value is -2.30. The van der Waals surface area contributed by atoms with Gasteiger partial charge in [0.05, 0.1) is 5.92 Å². The highest BCUT2D eigenvalue weighted by Gasteiger charge is 2.39. The fourth-order valence-corrected chi connectivity index (χ4v) is 4.98. The first-order valence-corrected chi connectivity index (χ1v) is 11.9. The average molecular weight is 442 g/mol. The Balaban J connectivity index is 1.76. The van der Waals surface area contributed by atoms with Gasteiger partial charge in [0.25, 0.3) is 0 Å². The normalized spacial score (nSPS) is 28.1. The maximum absolute atomic E-state index is 13.5. The molecule has 5 atom stereocenters. The first-order chi connectivity index (χ1) is 14.9. The van der Waals surface area contributed by atoms with Gasteiger partial charge in [-0.2, -0.15) is 0 Å². The zero-order valence-electron chi connectivity index (χ0n) is 20.4. The van der Waals surface area contributed by atoms with E-state index in [1.54, 1.807) is 0 Å². The van der Waals surface area contributed by atoms with Crippen molar-refractivity contribution in [3.63, 3.8) is 0 Å². The lowest BCUT2D eigenvalue weighted by molar-refractivity contribution is -0.157. The summed E-state index contributed by atoms with van der Waals surface area (Å²) < 4.78 is 11.6. The Labute approximate surface area is 192 Å². The molecule has 2 aliphatic rings. The monoisotopic (exact) mass is 441 g/mol. The van der Waals surface area contributed by atoms with Gasteiger partial charge < -0.3 is 14.8 Å². The van der Waals surface area contributed by atoms with Gasteiger partial charge >= 0.3 is 12.1 Å². The zero-order chi connectivity index (χ0) is 23.6. The van der Waals surface area contributed by atoms with Gasteiger partial charge in [-0.3, -0.25) is 4.79 Å². The third-order valence-electron chi connectivity index (χ3n) is 6.80. The molecule has 1 aromatic carbocycles. The molecule has 0 aromatic heterocycles. The Kier molecular flexibility index (Phi) is 7.36. The quantitative estimate of drug-likeness (QED) is 0.475. The molecular formula is C27H39NO4. The highest BCUT2D eigenvalue weighted by atomic mass is 16.6. The van der Waals surface area contributed by atoms with Crippen molar-refractivity contribution >= 4 is 12.1 Å². The Morgan fingerprint density at radius 1 is 1.12 bits per heavy atom. The summed E-state index contributed by atoms with van der Waals surface area (Å²) in [6.45, 7) is 16.3. The van der Waals surface area contributed by atoms with Crippen LogP contribution < -0.4 is 5.32 Å². The second-order valence-corrected chi connectivity index (χ2v) is 10.9. The molecule has 3 rings (SSSR count). The number of benzene rings is 1. The van der Waals surface area contributed by atoms with Gasteiger partial charge in [0.1, 0.15) is 11.7 Å². The number of ether oxygens (including phenoxy) is 2. The average Bonchev–Trinajstić information content (AvgIpc) is 2.68. The molecule has 1 N–H and O–H groups in total. The number of carbonyl (C=O) groups excluding carboxylic acids is 2. The molecule has 1 aromatic rings. The first kappa shape index (κ1) is 24.3. The van der Waals surface area contributed by atoms with Gasteiger partial charge in [-0.05, 0) is 69.4 Å². The van der Waals surface area contributed by atoms with Crippen LogP contribution in [0.5, 0.6) is 0 Å². The fourth-order valence-electron chi connectivity index (χ4n) is 4.98. The number of rotatable bonds is 4. The summed E-state index contributed by atoms with van der Waals surface area (Å²) in [5, 5.41) is 2.96. The van der Waals surface area contributed by atoms with Crippen molar-refractivity contribution in [1.82, 2.24) is 5.32 Å². The van der Waals surface area contributed by atoms with Gasteiger partial charge in [0.2, 0.25) is 0 Å². The number of hydrogen-bond acceptors (Lipinski definition) is 4. The molecule has 5 nitrogen and oxygen atoms in total. The first-order valence-electron chi connectivity index (χ1n) is 11.9. The molecule has 1 saturated carbocycles. The van der Waals surface area contributed by atoms with E-state index in [0.29, 0.717) is 24.7 Å². The van der Waals surface area contributed by atoms with Crippen molar-refractivity contribution in [1.29, 1.82) is 0 Å². The number of amides is 1. The van der Waals surface area contributed by atoms with E-state index in [2.05, 4.69) is 32.7 Å². The summed E-state index contributed by atoms with van der Waals surface area (Å²) in [6, 6.07) is 7.80. The standard InChI is InChI=1S/C27H39NO4/c1-16(2)22-12-17(3)18(4)13-24(22)31-25(29)23-15-20(28-26(30)32-27(5,6)7)14-19-10-8-9-11-21(19)23/h8-11,16,18,20,22-24H,3,12-15H2,1-2,4-7H3,(H,28,30)/t18?,20-,22-,23+,24?/m0/s1. The zero-order valence-corrected chi connectivity index (χ0v) is 20.4. The number of hydrogen-bond donors (Lipinski definition) is 1. The van der Waals surface area contributed by atoms with E-state index in [-0.39, 0.29) is 24.0 Å². The summed E-state index contributed by atoms with van der Waals surface area (Å²) in [5.74, 6) is 0.467. The third kappa shape index (κ3) is 5.93. The number of fused-ring (bicyclic) bond motifs is 1. The summed E-state index contributed by atoms with van der Waals surface area (Å²) in [7, 11) is 0. The Morgan fingerprint density at radius 3 is 2.47 bits per heavy atom. The topological polar surface area (TPSA) is 64.6 Å². The van der Waals surface area contributed by atoms with Crippen LogP contribution in [0.15, 0.2) is 36.4 Å². The Morgan fingerprint density at radius 2 is 1.81 bits per heavy atom. The molecule has 1 fully saturated rings. The Bertz CT molecular complexity index is 853.